The average Bonchev–Trinajstić information content (AvgIpc) is 2.62. The molecule has 1 heterocycles. The summed E-state index contributed by atoms with van der Waals surface area (Å²) in [4.78, 5) is 29.9. The number of aromatic nitrogens is 1. The average molecular weight is 366 g/mol. The van der Waals surface area contributed by atoms with E-state index in [-0.39, 0.29) is 11.1 Å². The van der Waals surface area contributed by atoms with Gasteiger partial charge in [-0.25, -0.2) is 13.2 Å². The molecule has 1 aromatic heterocycles. The molecule has 0 fully saturated rings. The van der Waals surface area contributed by atoms with Crippen LogP contribution in [-0.2, 0) is 0 Å². The lowest BCUT2D eigenvalue weighted by atomic mass is 10.1. The van der Waals surface area contributed by atoms with E-state index in [9.17, 15) is 22.8 Å². The van der Waals surface area contributed by atoms with Crippen LogP contribution >= 0.6 is 0 Å². The third-order valence-corrected chi connectivity index (χ3v) is 3.39. The molecule has 138 valence electrons. The second-order valence-electron chi connectivity index (χ2n) is 5.70. The van der Waals surface area contributed by atoms with Crippen molar-refractivity contribution in [1.29, 1.82) is 0 Å². The number of hydrogen-bond donors (Lipinski definition) is 2. The topological polar surface area (TPSA) is 74.3 Å². The number of benzene rings is 1. The zero-order valence-corrected chi connectivity index (χ0v) is 14.1. The molecule has 0 aliphatic heterocycles. The maximum absolute atomic E-state index is 13.6. The molecule has 2 N–H and O–H groups in total. The van der Waals surface area contributed by atoms with E-state index in [0.717, 1.165) is 6.07 Å². The fourth-order valence-electron chi connectivity index (χ4n) is 2.00. The van der Waals surface area contributed by atoms with Crippen LogP contribution in [0.4, 0.5) is 18.9 Å². The maximum atomic E-state index is 13.6. The highest BCUT2D eigenvalue weighted by Crippen LogP contribution is 2.20. The van der Waals surface area contributed by atoms with Crippen LogP contribution in [0.2, 0.25) is 0 Å². The molecule has 2 amide bonds. The summed E-state index contributed by atoms with van der Waals surface area (Å²) in [6.45, 7) is 1.04. The molecule has 0 spiro atoms. The van der Waals surface area contributed by atoms with Gasteiger partial charge in [0.05, 0.1) is 16.8 Å². The van der Waals surface area contributed by atoms with Gasteiger partial charge in [-0.1, -0.05) is 0 Å². The van der Waals surface area contributed by atoms with Crippen LogP contribution < -0.4 is 10.6 Å². The Kier molecular flexibility index (Phi) is 6.29. The molecule has 9 heteroatoms. The molecule has 2 aromatic rings. The highest BCUT2D eigenvalue weighted by atomic mass is 19.2. The van der Waals surface area contributed by atoms with Crippen LogP contribution in [-0.4, -0.2) is 48.9 Å². The number of halogens is 3. The molecule has 0 atom stereocenters. The molecule has 0 aliphatic rings. The minimum absolute atomic E-state index is 0.0330. The predicted molar refractivity (Wildman–Crippen MR) is 89.4 cm³/mol. The van der Waals surface area contributed by atoms with Gasteiger partial charge in [0.2, 0.25) is 0 Å². The summed E-state index contributed by atoms with van der Waals surface area (Å²) in [5, 5.41) is 4.79. The van der Waals surface area contributed by atoms with Crippen LogP contribution in [0.25, 0.3) is 0 Å². The second kappa shape index (κ2) is 8.43. The summed E-state index contributed by atoms with van der Waals surface area (Å²) in [6.07, 6.45) is 2.45. The molecule has 0 unspecified atom stereocenters. The van der Waals surface area contributed by atoms with Gasteiger partial charge in [0, 0.05) is 25.5 Å². The first-order chi connectivity index (χ1) is 12.3. The fraction of sp³-hybridized carbons (Fsp3) is 0.235. The normalized spacial score (nSPS) is 10.7. The van der Waals surface area contributed by atoms with Crippen molar-refractivity contribution in [2.45, 2.75) is 0 Å². The molecule has 0 bridgehead atoms. The van der Waals surface area contributed by atoms with E-state index in [1.54, 1.807) is 0 Å². The third-order valence-electron chi connectivity index (χ3n) is 3.39. The summed E-state index contributed by atoms with van der Waals surface area (Å²) >= 11 is 0. The number of nitrogens with zero attached hydrogens (tertiary/aromatic N) is 2. The molecule has 0 aliphatic carbocycles. The van der Waals surface area contributed by atoms with Crippen LogP contribution in [0.3, 0.4) is 0 Å². The number of pyridine rings is 1. The highest BCUT2D eigenvalue weighted by Gasteiger charge is 2.17. The van der Waals surface area contributed by atoms with E-state index in [0.29, 0.717) is 19.2 Å². The molecular formula is C17H17F3N4O2. The van der Waals surface area contributed by atoms with E-state index in [1.165, 1.54) is 18.5 Å². The van der Waals surface area contributed by atoms with Gasteiger partial charge in [-0.2, -0.15) is 0 Å². The lowest BCUT2D eigenvalue weighted by molar-refractivity contribution is 0.0950. The minimum Gasteiger partial charge on any atom is -0.351 e. The first-order valence-electron chi connectivity index (χ1n) is 7.62. The van der Waals surface area contributed by atoms with Crippen molar-refractivity contribution in [3.63, 3.8) is 0 Å². The zero-order chi connectivity index (χ0) is 19.3. The second-order valence-corrected chi connectivity index (χ2v) is 5.70. The Morgan fingerprint density at radius 1 is 1.04 bits per heavy atom. The molecule has 26 heavy (non-hydrogen) atoms. The van der Waals surface area contributed by atoms with Crippen molar-refractivity contribution in [2.24, 2.45) is 0 Å². The summed E-state index contributed by atoms with van der Waals surface area (Å²) < 4.78 is 39.8. The van der Waals surface area contributed by atoms with E-state index in [2.05, 4.69) is 15.6 Å². The number of anilines is 1. The molecule has 0 saturated heterocycles. The molecular weight excluding hydrogens is 349 g/mol. The number of rotatable bonds is 6. The fourth-order valence-corrected chi connectivity index (χ4v) is 2.00. The Morgan fingerprint density at radius 2 is 1.69 bits per heavy atom. The van der Waals surface area contributed by atoms with E-state index < -0.39 is 35.0 Å². The number of carbonyl (C=O) groups is 2. The van der Waals surface area contributed by atoms with E-state index in [1.807, 2.05) is 19.0 Å². The monoisotopic (exact) mass is 366 g/mol. The number of likely N-dealkylation sites (N-methyl/N-ethyl adjacent to an activating group) is 1. The van der Waals surface area contributed by atoms with Crippen molar-refractivity contribution < 1.29 is 22.8 Å². The van der Waals surface area contributed by atoms with Gasteiger partial charge >= 0.3 is 0 Å². The smallest absolute Gasteiger partial charge is 0.257 e. The Balaban J connectivity index is 2.11. The van der Waals surface area contributed by atoms with Crippen LogP contribution in [0.15, 0.2) is 30.6 Å². The summed E-state index contributed by atoms with van der Waals surface area (Å²) in [5.41, 5.74) is -0.411. The van der Waals surface area contributed by atoms with E-state index in [4.69, 9.17) is 0 Å². The number of hydrogen-bond acceptors (Lipinski definition) is 4. The lowest BCUT2D eigenvalue weighted by Crippen LogP contribution is -2.31. The van der Waals surface area contributed by atoms with Gasteiger partial charge < -0.3 is 15.5 Å². The van der Waals surface area contributed by atoms with Gasteiger partial charge in [-0.3, -0.25) is 14.6 Å². The first-order valence-corrected chi connectivity index (χ1v) is 7.62. The number of amides is 2. The van der Waals surface area contributed by atoms with Gasteiger partial charge in [0.25, 0.3) is 11.8 Å². The quantitative estimate of drug-likeness (QED) is 0.768. The Hall–Kier alpha value is -2.94. The molecule has 0 saturated carbocycles. The van der Waals surface area contributed by atoms with Gasteiger partial charge in [-0.15, -0.1) is 0 Å². The standard InChI is InChI=1S/C17H17F3N4O2/c1-24(2)6-5-22-16(25)10-7-11(9-21-8-10)17(26)23-13-4-3-12(18)14(19)15(13)20/h3-4,7-9H,5-6H2,1-2H3,(H,22,25)(H,23,26). The van der Waals surface area contributed by atoms with Crippen molar-refractivity contribution in [1.82, 2.24) is 15.2 Å². The van der Waals surface area contributed by atoms with Crippen LogP contribution in [0, 0.1) is 17.5 Å². The Bertz CT molecular complexity index is 828. The third kappa shape index (κ3) is 4.79. The Labute approximate surface area is 148 Å². The summed E-state index contributed by atoms with van der Waals surface area (Å²) in [6, 6.07) is 2.86. The Morgan fingerprint density at radius 3 is 2.35 bits per heavy atom. The van der Waals surface area contributed by atoms with Gasteiger partial charge in [0.1, 0.15) is 0 Å². The zero-order valence-electron chi connectivity index (χ0n) is 14.1. The van der Waals surface area contributed by atoms with Gasteiger partial charge in [-0.05, 0) is 32.3 Å². The number of carbonyl (C=O) groups excluding carboxylic acids is 2. The molecule has 6 nitrogen and oxygen atoms in total. The summed E-state index contributed by atoms with van der Waals surface area (Å²) in [5.74, 6) is -5.80. The van der Waals surface area contributed by atoms with Crippen molar-refractivity contribution in [3.8, 4) is 0 Å². The van der Waals surface area contributed by atoms with Crippen molar-refractivity contribution >= 4 is 17.5 Å². The number of nitrogens with one attached hydrogen (secondary N) is 2. The van der Waals surface area contributed by atoms with E-state index >= 15 is 0 Å². The molecule has 2 rings (SSSR count). The first kappa shape index (κ1) is 19.4. The van der Waals surface area contributed by atoms with Crippen molar-refractivity contribution in [2.75, 3.05) is 32.5 Å². The van der Waals surface area contributed by atoms with Crippen LogP contribution in [0.1, 0.15) is 20.7 Å². The summed E-state index contributed by atoms with van der Waals surface area (Å²) in [7, 11) is 3.71. The highest BCUT2D eigenvalue weighted by molar-refractivity contribution is 6.05. The molecule has 0 radical (unpaired) electrons. The SMILES string of the molecule is CN(C)CCNC(=O)c1cncc(C(=O)Nc2ccc(F)c(F)c2F)c1. The van der Waals surface area contributed by atoms with Gasteiger partial charge in [0.15, 0.2) is 17.5 Å². The molecule has 1 aromatic carbocycles. The maximum Gasteiger partial charge on any atom is 0.257 e. The van der Waals surface area contributed by atoms with Crippen molar-refractivity contribution in [3.05, 3.63) is 59.2 Å². The predicted octanol–water partition coefficient (Wildman–Crippen LogP) is 2.04. The minimum atomic E-state index is -1.69. The largest absolute Gasteiger partial charge is 0.351 e. The lowest BCUT2D eigenvalue weighted by Gasteiger charge is -2.11. The van der Waals surface area contributed by atoms with Crippen LogP contribution in [0.5, 0.6) is 0 Å².